The van der Waals surface area contributed by atoms with Crippen molar-refractivity contribution in [1.29, 1.82) is 0 Å². The molecule has 1 aromatic carbocycles. The second kappa shape index (κ2) is 6.10. The van der Waals surface area contributed by atoms with Crippen LogP contribution in [0.3, 0.4) is 0 Å². The van der Waals surface area contributed by atoms with E-state index in [2.05, 4.69) is 11.9 Å². The zero-order valence-corrected chi connectivity index (χ0v) is 13.8. The van der Waals surface area contributed by atoms with Crippen molar-refractivity contribution in [1.82, 2.24) is 5.32 Å². The van der Waals surface area contributed by atoms with E-state index < -0.39 is 42.5 Å². The van der Waals surface area contributed by atoms with Gasteiger partial charge in [-0.05, 0) is 30.7 Å². The van der Waals surface area contributed by atoms with E-state index in [1.54, 1.807) is 0 Å². The molecule has 2 rings (SSSR count). The molecule has 0 bridgehead atoms. The summed E-state index contributed by atoms with van der Waals surface area (Å²) in [6.07, 6.45) is 1.54. The summed E-state index contributed by atoms with van der Waals surface area (Å²) in [5, 5.41) is 1.81. The molecule has 1 aliphatic heterocycles. The second-order valence-corrected chi connectivity index (χ2v) is 9.70. The Morgan fingerprint density at radius 1 is 1.41 bits per heavy atom. The van der Waals surface area contributed by atoms with Crippen LogP contribution in [0.15, 0.2) is 35.7 Å². The molecule has 0 aliphatic carbocycles. The van der Waals surface area contributed by atoms with Gasteiger partial charge in [-0.1, -0.05) is 6.08 Å². The van der Waals surface area contributed by atoms with Crippen molar-refractivity contribution in [3.63, 3.8) is 0 Å². The molecule has 1 heterocycles. The van der Waals surface area contributed by atoms with E-state index in [9.17, 15) is 21.2 Å². The molecule has 0 spiro atoms. The molecule has 1 N–H and O–H groups in total. The SMILES string of the molecule is C=CCN[C@@H]1CS(=O)(=O)C[C@H]1S(=O)(=O)c1ccc(F)c(C)c1. The van der Waals surface area contributed by atoms with Crippen LogP contribution in [0, 0.1) is 12.7 Å². The van der Waals surface area contributed by atoms with Crippen molar-refractivity contribution in [2.45, 2.75) is 23.1 Å². The highest BCUT2D eigenvalue weighted by molar-refractivity contribution is 7.96. The third-order valence-electron chi connectivity index (χ3n) is 3.68. The number of halogens is 1. The fourth-order valence-corrected chi connectivity index (χ4v) is 7.32. The van der Waals surface area contributed by atoms with Crippen LogP contribution >= 0.6 is 0 Å². The highest BCUT2D eigenvalue weighted by Gasteiger charge is 2.45. The maximum absolute atomic E-state index is 13.3. The first-order valence-electron chi connectivity index (χ1n) is 6.72. The number of hydrogen-bond donors (Lipinski definition) is 1. The molecule has 1 fully saturated rings. The molecule has 1 aliphatic rings. The third-order valence-corrected chi connectivity index (χ3v) is 7.83. The van der Waals surface area contributed by atoms with Crippen LogP contribution in [0.2, 0.25) is 0 Å². The monoisotopic (exact) mass is 347 g/mol. The fourth-order valence-electron chi connectivity index (χ4n) is 2.52. The van der Waals surface area contributed by atoms with Gasteiger partial charge in [0.05, 0.1) is 21.7 Å². The van der Waals surface area contributed by atoms with Crippen LogP contribution in [0.5, 0.6) is 0 Å². The quantitative estimate of drug-likeness (QED) is 0.631. The van der Waals surface area contributed by atoms with Crippen LogP contribution in [-0.2, 0) is 19.7 Å². The summed E-state index contributed by atoms with van der Waals surface area (Å²) in [5.41, 5.74) is 0.206. The Balaban J connectivity index is 2.41. The van der Waals surface area contributed by atoms with E-state index >= 15 is 0 Å². The number of rotatable bonds is 5. The molecule has 22 heavy (non-hydrogen) atoms. The van der Waals surface area contributed by atoms with Crippen molar-refractivity contribution in [3.05, 3.63) is 42.2 Å². The average Bonchev–Trinajstić information content (AvgIpc) is 2.75. The Bertz CT molecular complexity index is 787. The van der Waals surface area contributed by atoms with Gasteiger partial charge in [-0.3, -0.25) is 0 Å². The van der Waals surface area contributed by atoms with Gasteiger partial charge in [0, 0.05) is 12.6 Å². The van der Waals surface area contributed by atoms with E-state index in [-0.39, 0.29) is 16.2 Å². The number of benzene rings is 1. The molecule has 0 unspecified atom stereocenters. The predicted octanol–water partition coefficient (Wildman–Crippen LogP) is 0.849. The molecule has 0 amide bonds. The molecule has 122 valence electrons. The van der Waals surface area contributed by atoms with Gasteiger partial charge in [-0.25, -0.2) is 21.2 Å². The van der Waals surface area contributed by atoms with E-state index in [0.717, 1.165) is 6.07 Å². The zero-order valence-electron chi connectivity index (χ0n) is 12.1. The first-order chi connectivity index (χ1) is 10.2. The molecule has 8 heteroatoms. The molecular formula is C14H18FNO4S2. The lowest BCUT2D eigenvalue weighted by Gasteiger charge is -2.19. The normalized spacial score (nSPS) is 24.3. The minimum absolute atomic E-state index is 0.0566. The van der Waals surface area contributed by atoms with E-state index in [4.69, 9.17) is 0 Å². The lowest BCUT2D eigenvalue weighted by atomic mass is 10.2. The average molecular weight is 347 g/mol. The van der Waals surface area contributed by atoms with Gasteiger partial charge in [-0.2, -0.15) is 0 Å². The van der Waals surface area contributed by atoms with Crippen molar-refractivity contribution >= 4 is 19.7 Å². The smallest absolute Gasteiger partial charge is 0.183 e. The Hall–Kier alpha value is -1.25. The predicted molar refractivity (Wildman–Crippen MR) is 82.8 cm³/mol. The Morgan fingerprint density at radius 3 is 2.68 bits per heavy atom. The molecule has 0 aromatic heterocycles. The topological polar surface area (TPSA) is 80.3 Å². The van der Waals surface area contributed by atoms with Crippen LogP contribution in [0.1, 0.15) is 5.56 Å². The first kappa shape index (κ1) is 17.1. The van der Waals surface area contributed by atoms with Gasteiger partial charge < -0.3 is 5.32 Å². The highest BCUT2D eigenvalue weighted by atomic mass is 32.2. The summed E-state index contributed by atoms with van der Waals surface area (Å²) < 4.78 is 62.4. The van der Waals surface area contributed by atoms with Crippen molar-refractivity contribution < 1.29 is 21.2 Å². The number of sulfone groups is 2. The minimum atomic E-state index is -3.87. The number of nitrogens with one attached hydrogen (secondary N) is 1. The molecule has 5 nitrogen and oxygen atoms in total. The molecule has 2 atom stereocenters. The van der Waals surface area contributed by atoms with Gasteiger partial charge in [0.15, 0.2) is 19.7 Å². The van der Waals surface area contributed by atoms with Gasteiger partial charge in [0.2, 0.25) is 0 Å². The largest absolute Gasteiger partial charge is 0.308 e. The Kier molecular flexibility index (Phi) is 4.74. The summed E-state index contributed by atoms with van der Waals surface area (Å²) >= 11 is 0. The molecule has 1 aromatic rings. The summed E-state index contributed by atoms with van der Waals surface area (Å²) in [5.74, 6) is -1.16. The maximum atomic E-state index is 13.3. The van der Waals surface area contributed by atoms with Crippen molar-refractivity contribution in [2.75, 3.05) is 18.1 Å². The van der Waals surface area contributed by atoms with E-state index in [1.165, 1.54) is 25.1 Å². The van der Waals surface area contributed by atoms with E-state index in [0.29, 0.717) is 6.54 Å². The Morgan fingerprint density at radius 2 is 2.09 bits per heavy atom. The van der Waals surface area contributed by atoms with Crippen LogP contribution in [-0.4, -0.2) is 46.2 Å². The fraction of sp³-hybridized carbons (Fsp3) is 0.429. The van der Waals surface area contributed by atoms with Gasteiger partial charge in [0.25, 0.3) is 0 Å². The number of aryl methyl sites for hydroxylation is 1. The van der Waals surface area contributed by atoms with Crippen LogP contribution in [0.4, 0.5) is 4.39 Å². The first-order valence-corrected chi connectivity index (χ1v) is 10.1. The molecule has 1 saturated heterocycles. The second-order valence-electron chi connectivity index (χ2n) is 5.37. The maximum Gasteiger partial charge on any atom is 0.183 e. The lowest BCUT2D eigenvalue weighted by molar-refractivity contribution is 0.543. The van der Waals surface area contributed by atoms with Gasteiger partial charge in [0.1, 0.15) is 5.82 Å². The lowest BCUT2D eigenvalue weighted by Crippen LogP contribution is -2.43. The van der Waals surface area contributed by atoms with Crippen LogP contribution in [0.25, 0.3) is 0 Å². The summed E-state index contributed by atoms with van der Waals surface area (Å²) in [6, 6.07) is 2.80. The molecular weight excluding hydrogens is 329 g/mol. The summed E-state index contributed by atoms with van der Waals surface area (Å²) in [6.45, 7) is 5.30. The third kappa shape index (κ3) is 3.39. The zero-order chi connectivity index (χ0) is 16.5. The molecule has 0 saturated carbocycles. The number of hydrogen-bond acceptors (Lipinski definition) is 5. The highest BCUT2D eigenvalue weighted by Crippen LogP contribution is 2.27. The summed E-state index contributed by atoms with van der Waals surface area (Å²) in [7, 11) is -7.31. The van der Waals surface area contributed by atoms with E-state index in [1.807, 2.05) is 0 Å². The van der Waals surface area contributed by atoms with Crippen molar-refractivity contribution in [3.8, 4) is 0 Å². The standard InChI is InChI=1S/C14H18FNO4S2/c1-3-6-16-13-8-21(17,18)9-14(13)22(19,20)11-4-5-12(15)10(2)7-11/h3-5,7,13-14,16H,1,6,8-9H2,2H3/t13-,14-/m1/s1. The molecule has 0 radical (unpaired) electrons. The Labute approximate surface area is 130 Å². The van der Waals surface area contributed by atoms with Crippen LogP contribution < -0.4 is 5.32 Å². The van der Waals surface area contributed by atoms with Crippen molar-refractivity contribution in [2.24, 2.45) is 0 Å². The minimum Gasteiger partial charge on any atom is -0.308 e. The summed E-state index contributed by atoms with van der Waals surface area (Å²) in [4.78, 5) is -0.0566. The van der Waals surface area contributed by atoms with Gasteiger partial charge >= 0.3 is 0 Å². The van der Waals surface area contributed by atoms with Gasteiger partial charge in [-0.15, -0.1) is 6.58 Å².